The van der Waals surface area contributed by atoms with Crippen LogP contribution in [0.1, 0.15) is 48.7 Å². The molecule has 29 heavy (non-hydrogen) atoms. The first-order valence-corrected chi connectivity index (χ1v) is 9.96. The monoisotopic (exact) mass is 391 g/mol. The molecule has 0 spiro atoms. The number of aromatic nitrogens is 3. The van der Waals surface area contributed by atoms with Gasteiger partial charge < -0.3 is 10.6 Å². The van der Waals surface area contributed by atoms with Crippen LogP contribution < -0.4 is 10.6 Å². The predicted molar refractivity (Wildman–Crippen MR) is 112 cm³/mol. The molecule has 1 atom stereocenters. The molecule has 2 amide bonds. The highest BCUT2D eigenvalue weighted by Crippen LogP contribution is 2.28. The van der Waals surface area contributed by atoms with Crippen molar-refractivity contribution in [3.63, 3.8) is 0 Å². The molecular formula is C22H25N5O2. The van der Waals surface area contributed by atoms with Crippen LogP contribution in [0.25, 0.3) is 22.3 Å². The molecule has 7 heteroatoms. The smallest absolute Gasteiger partial charge is 0.252 e. The molecule has 4 rings (SSSR count). The van der Waals surface area contributed by atoms with Crippen molar-refractivity contribution in [2.75, 3.05) is 6.54 Å². The van der Waals surface area contributed by atoms with Crippen LogP contribution in [0.4, 0.5) is 0 Å². The zero-order valence-corrected chi connectivity index (χ0v) is 16.9. The molecule has 2 N–H and O–H groups in total. The fourth-order valence-electron chi connectivity index (χ4n) is 3.70. The summed E-state index contributed by atoms with van der Waals surface area (Å²) in [5.74, 6) is -0.140. The van der Waals surface area contributed by atoms with Gasteiger partial charge in [0.05, 0.1) is 22.8 Å². The van der Waals surface area contributed by atoms with Crippen molar-refractivity contribution in [2.45, 2.75) is 45.7 Å². The van der Waals surface area contributed by atoms with E-state index in [2.05, 4.69) is 15.7 Å². The number of pyridine rings is 1. The largest absolute Gasteiger partial charge is 0.354 e. The highest BCUT2D eigenvalue weighted by Gasteiger charge is 2.23. The van der Waals surface area contributed by atoms with Gasteiger partial charge in [0.15, 0.2) is 5.65 Å². The fourth-order valence-corrected chi connectivity index (χ4v) is 3.70. The number of hydrogen-bond acceptors (Lipinski definition) is 4. The molecule has 1 fully saturated rings. The highest BCUT2D eigenvalue weighted by molar-refractivity contribution is 6.06. The average molecular weight is 391 g/mol. The average Bonchev–Trinajstić information content (AvgIpc) is 3.13. The fraction of sp³-hybridized carbons (Fsp3) is 0.364. The van der Waals surface area contributed by atoms with Crippen molar-refractivity contribution >= 4 is 22.8 Å². The van der Waals surface area contributed by atoms with Crippen LogP contribution in [-0.4, -0.2) is 39.2 Å². The minimum atomic E-state index is -0.170. The molecule has 1 saturated heterocycles. The first-order valence-electron chi connectivity index (χ1n) is 9.96. The zero-order chi connectivity index (χ0) is 20.5. The van der Waals surface area contributed by atoms with Gasteiger partial charge in [-0.25, -0.2) is 9.67 Å². The molecule has 0 saturated carbocycles. The second kappa shape index (κ2) is 7.66. The summed E-state index contributed by atoms with van der Waals surface area (Å²) in [6, 6.07) is 9.89. The van der Waals surface area contributed by atoms with Gasteiger partial charge in [0.2, 0.25) is 5.91 Å². The normalized spacial score (nSPS) is 16.8. The first-order chi connectivity index (χ1) is 13.9. The molecule has 7 nitrogen and oxygen atoms in total. The second-order valence-corrected chi connectivity index (χ2v) is 7.80. The number of carbonyl (C=O) groups excluding carboxylic acids is 2. The van der Waals surface area contributed by atoms with Crippen molar-refractivity contribution in [1.82, 2.24) is 25.4 Å². The molecule has 3 aromatic rings. The van der Waals surface area contributed by atoms with E-state index in [0.717, 1.165) is 22.2 Å². The quantitative estimate of drug-likeness (QED) is 0.716. The number of nitrogens with one attached hydrogen (secondary N) is 2. The molecule has 0 unspecified atom stereocenters. The van der Waals surface area contributed by atoms with E-state index in [1.165, 1.54) is 0 Å². The standard InChI is InChI=1S/C22H25N5O2/c1-13(2)27-21-18(12-24-27)17(22(29)25-15-8-9-20(28)23-11-15)10-19(26-21)16-7-5-4-6-14(16)3/h4-7,10,12-13,15H,8-9,11H2,1-3H3,(H,23,28)(H,25,29)/t15-/m1/s1. The van der Waals surface area contributed by atoms with Crippen LogP contribution in [0.3, 0.4) is 0 Å². The summed E-state index contributed by atoms with van der Waals surface area (Å²) in [5.41, 5.74) is 4.08. The van der Waals surface area contributed by atoms with Crippen LogP contribution >= 0.6 is 0 Å². The summed E-state index contributed by atoms with van der Waals surface area (Å²) in [7, 11) is 0. The van der Waals surface area contributed by atoms with E-state index in [1.54, 1.807) is 6.20 Å². The summed E-state index contributed by atoms with van der Waals surface area (Å²) in [6.07, 6.45) is 2.78. The number of fused-ring (bicyclic) bond motifs is 1. The van der Waals surface area contributed by atoms with Crippen LogP contribution in [0.5, 0.6) is 0 Å². The molecule has 1 aromatic carbocycles. The van der Waals surface area contributed by atoms with Gasteiger partial charge in [-0.05, 0) is 38.8 Å². The molecule has 1 aliphatic heterocycles. The molecule has 0 radical (unpaired) electrons. The van der Waals surface area contributed by atoms with Crippen LogP contribution in [0.2, 0.25) is 0 Å². The minimum Gasteiger partial charge on any atom is -0.354 e. The van der Waals surface area contributed by atoms with E-state index in [0.29, 0.717) is 30.6 Å². The number of hydrogen-bond donors (Lipinski definition) is 2. The van der Waals surface area contributed by atoms with Gasteiger partial charge in [-0.1, -0.05) is 24.3 Å². The van der Waals surface area contributed by atoms with Gasteiger partial charge in [-0.2, -0.15) is 5.10 Å². The lowest BCUT2D eigenvalue weighted by atomic mass is 10.0. The Bertz CT molecular complexity index is 1080. The Labute approximate surface area is 169 Å². The molecule has 2 aromatic heterocycles. The summed E-state index contributed by atoms with van der Waals surface area (Å²) in [4.78, 5) is 29.4. The summed E-state index contributed by atoms with van der Waals surface area (Å²) in [5, 5.41) is 11.1. The van der Waals surface area contributed by atoms with Crippen LogP contribution in [0.15, 0.2) is 36.5 Å². The number of benzene rings is 1. The highest BCUT2D eigenvalue weighted by atomic mass is 16.2. The maximum Gasteiger partial charge on any atom is 0.252 e. The Morgan fingerprint density at radius 1 is 1.31 bits per heavy atom. The lowest BCUT2D eigenvalue weighted by molar-refractivity contribution is -0.122. The lowest BCUT2D eigenvalue weighted by Crippen LogP contribution is -2.47. The molecule has 0 bridgehead atoms. The molecule has 150 valence electrons. The number of aryl methyl sites for hydroxylation is 1. The van der Waals surface area contributed by atoms with Crippen molar-refractivity contribution in [3.8, 4) is 11.3 Å². The number of amides is 2. The Morgan fingerprint density at radius 3 is 2.79 bits per heavy atom. The van der Waals surface area contributed by atoms with Crippen molar-refractivity contribution in [3.05, 3.63) is 47.7 Å². The molecule has 3 heterocycles. The number of nitrogens with zero attached hydrogens (tertiary/aromatic N) is 3. The SMILES string of the molecule is Cc1ccccc1-c1cc(C(=O)N[C@@H]2CCC(=O)NC2)c2cnn(C(C)C)c2n1. The third-order valence-electron chi connectivity index (χ3n) is 5.32. The zero-order valence-electron chi connectivity index (χ0n) is 16.9. The van der Waals surface area contributed by atoms with Gasteiger partial charge >= 0.3 is 0 Å². The predicted octanol–water partition coefficient (Wildman–Crippen LogP) is 3.00. The molecule has 1 aliphatic rings. The Balaban J connectivity index is 1.78. The van der Waals surface area contributed by atoms with E-state index in [1.807, 2.05) is 55.8 Å². The maximum atomic E-state index is 13.2. The third-order valence-corrected chi connectivity index (χ3v) is 5.32. The summed E-state index contributed by atoms with van der Waals surface area (Å²) < 4.78 is 1.84. The lowest BCUT2D eigenvalue weighted by Gasteiger charge is -2.23. The second-order valence-electron chi connectivity index (χ2n) is 7.80. The Kier molecular flexibility index (Phi) is 5.05. The van der Waals surface area contributed by atoms with Gasteiger partial charge in [0.25, 0.3) is 5.91 Å². The van der Waals surface area contributed by atoms with Gasteiger partial charge in [-0.3, -0.25) is 9.59 Å². The first kappa shape index (κ1) is 19.1. The molecule has 0 aliphatic carbocycles. The van der Waals surface area contributed by atoms with Crippen molar-refractivity contribution in [2.24, 2.45) is 0 Å². The summed E-state index contributed by atoms with van der Waals surface area (Å²) >= 11 is 0. The van der Waals surface area contributed by atoms with E-state index >= 15 is 0 Å². The number of piperidine rings is 1. The van der Waals surface area contributed by atoms with Crippen molar-refractivity contribution < 1.29 is 9.59 Å². The number of carbonyl (C=O) groups is 2. The van der Waals surface area contributed by atoms with Crippen LogP contribution in [0, 0.1) is 6.92 Å². The van der Waals surface area contributed by atoms with E-state index in [9.17, 15) is 9.59 Å². The van der Waals surface area contributed by atoms with Gasteiger partial charge in [0, 0.05) is 30.6 Å². The van der Waals surface area contributed by atoms with Crippen LogP contribution in [-0.2, 0) is 4.79 Å². The minimum absolute atomic E-state index is 0.0295. The maximum absolute atomic E-state index is 13.2. The molecular weight excluding hydrogens is 366 g/mol. The van der Waals surface area contributed by atoms with Gasteiger partial charge in [0.1, 0.15) is 0 Å². The van der Waals surface area contributed by atoms with Crippen molar-refractivity contribution in [1.29, 1.82) is 0 Å². The van der Waals surface area contributed by atoms with E-state index in [4.69, 9.17) is 4.98 Å². The Hall–Kier alpha value is -3.22. The summed E-state index contributed by atoms with van der Waals surface area (Å²) in [6.45, 7) is 6.57. The van der Waals surface area contributed by atoms with Gasteiger partial charge in [-0.15, -0.1) is 0 Å². The van der Waals surface area contributed by atoms with E-state index in [-0.39, 0.29) is 23.9 Å². The van der Waals surface area contributed by atoms with E-state index < -0.39 is 0 Å². The Morgan fingerprint density at radius 2 is 2.10 bits per heavy atom. The topological polar surface area (TPSA) is 88.9 Å². The third kappa shape index (κ3) is 3.72. The number of rotatable bonds is 4.